The SMILES string of the molecule is CC[C@H](C)N/C(N)=C/C(=C\N)C[SH](=O)=O. The lowest BCUT2D eigenvalue weighted by molar-refractivity contribution is 0.591. The van der Waals surface area contributed by atoms with E-state index in [0.717, 1.165) is 6.42 Å². The van der Waals surface area contributed by atoms with Crippen LogP contribution in [0.3, 0.4) is 0 Å². The molecule has 0 radical (unpaired) electrons. The lowest BCUT2D eigenvalue weighted by atomic mass is 10.2. The standard InChI is InChI=1S/C9H19N3O2S/c1-3-7(2)12-9(11)4-8(5-10)6-15(13)14/h4-5,7,12,15H,3,6,10-11H2,1-2H3/b8-5+,9-4+/t7-/m0/s1. The summed E-state index contributed by atoms with van der Waals surface area (Å²) in [5, 5.41) is 3.01. The zero-order valence-corrected chi connectivity index (χ0v) is 9.96. The third-order valence-corrected chi connectivity index (χ3v) is 2.52. The summed E-state index contributed by atoms with van der Waals surface area (Å²) in [6, 6.07) is 0.251. The normalized spacial score (nSPS) is 15.4. The number of thiol groups is 1. The monoisotopic (exact) mass is 233 g/mol. The molecule has 0 saturated carbocycles. The maximum absolute atomic E-state index is 10.5. The quantitative estimate of drug-likeness (QED) is 0.370. The summed E-state index contributed by atoms with van der Waals surface area (Å²) in [5.74, 6) is 0.340. The van der Waals surface area contributed by atoms with Crippen LogP contribution in [-0.4, -0.2) is 20.2 Å². The van der Waals surface area contributed by atoms with E-state index in [0.29, 0.717) is 11.4 Å². The third-order valence-electron chi connectivity index (χ3n) is 1.89. The van der Waals surface area contributed by atoms with Gasteiger partial charge in [-0.3, -0.25) is 0 Å². The van der Waals surface area contributed by atoms with Crippen molar-refractivity contribution in [3.8, 4) is 0 Å². The van der Waals surface area contributed by atoms with Gasteiger partial charge in [0, 0.05) is 6.04 Å². The van der Waals surface area contributed by atoms with Gasteiger partial charge >= 0.3 is 0 Å². The van der Waals surface area contributed by atoms with Crippen molar-refractivity contribution in [3.05, 3.63) is 23.7 Å². The molecule has 0 aromatic carbocycles. The Balaban J connectivity index is 4.43. The molecule has 15 heavy (non-hydrogen) atoms. The maximum Gasteiger partial charge on any atom is 0.144 e. The van der Waals surface area contributed by atoms with Crippen LogP contribution in [0.2, 0.25) is 0 Å². The van der Waals surface area contributed by atoms with Crippen molar-refractivity contribution in [1.82, 2.24) is 5.32 Å². The first-order valence-corrected chi connectivity index (χ1v) is 6.12. The molecular formula is C9H19N3O2S. The van der Waals surface area contributed by atoms with Crippen molar-refractivity contribution in [2.45, 2.75) is 26.3 Å². The smallest absolute Gasteiger partial charge is 0.144 e. The Kier molecular flexibility index (Phi) is 6.61. The molecule has 0 spiro atoms. The van der Waals surface area contributed by atoms with Crippen LogP contribution in [0.15, 0.2) is 23.7 Å². The Morgan fingerprint density at radius 1 is 1.53 bits per heavy atom. The van der Waals surface area contributed by atoms with Crippen molar-refractivity contribution in [3.63, 3.8) is 0 Å². The van der Waals surface area contributed by atoms with Crippen molar-refractivity contribution >= 4 is 10.7 Å². The van der Waals surface area contributed by atoms with Gasteiger partial charge in [-0.15, -0.1) is 0 Å². The highest BCUT2D eigenvalue weighted by Gasteiger charge is 2.00. The first kappa shape index (κ1) is 13.8. The largest absolute Gasteiger partial charge is 0.404 e. The first-order chi connectivity index (χ1) is 6.99. The fourth-order valence-corrected chi connectivity index (χ4v) is 1.42. The highest BCUT2D eigenvalue weighted by molar-refractivity contribution is 7.72. The molecule has 0 bridgehead atoms. The average Bonchev–Trinajstić information content (AvgIpc) is 2.15. The third kappa shape index (κ3) is 6.84. The minimum absolute atomic E-state index is 0.0886. The minimum atomic E-state index is -2.48. The molecule has 88 valence electrons. The molecular weight excluding hydrogens is 214 g/mol. The molecule has 1 atom stereocenters. The molecule has 5 nitrogen and oxygen atoms in total. The second kappa shape index (κ2) is 7.17. The molecule has 0 aliphatic heterocycles. The van der Waals surface area contributed by atoms with Gasteiger partial charge in [-0.1, -0.05) is 6.92 Å². The van der Waals surface area contributed by atoms with E-state index in [1.807, 2.05) is 13.8 Å². The average molecular weight is 233 g/mol. The number of hydrogen-bond acceptors (Lipinski definition) is 5. The second-order valence-corrected chi connectivity index (χ2v) is 4.27. The predicted molar refractivity (Wildman–Crippen MR) is 62.6 cm³/mol. The van der Waals surface area contributed by atoms with E-state index in [2.05, 4.69) is 5.32 Å². The summed E-state index contributed by atoms with van der Waals surface area (Å²) >= 11 is 0. The predicted octanol–water partition coefficient (Wildman–Crippen LogP) is -0.371. The van der Waals surface area contributed by atoms with E-state index in [-0.39, 0.29) is 11.8 Å². The lowest BCUT2D eigenvalue weighted by Crippen LogP contribution is -2.29. The summed E-state index contributed by atoms with van der Waals surface area (Å²) in [4.78, 5) is 0. The van der Waals surface area contributed by atoms with Crippen LogP contribution in [0, 0.1) is 0 Å². The van der Waals surface area contributed by atoms with Crippen molar-refractivity contribution in [1.29, 1.82) is 0 Å². The molecule has 6 heteroatoms. The number of rotatable bonds is 6. The van der Waals surface area contributed by atoms with E-state index >= 15 is 0 Å². The lowest BCUT2D eigenvalue weighted by Gasteiger charge is -2.12. The molecule has 0 saturated heterocycles. The van der Waals surface area contributed by atoms with Crippen LogP contribution in [0.25, 0.3) is 0 Å². The Bertz CT molecular complexity index is 313. The summed E-state index contributed by atoms with van der Waals surface area (Å²) in [7, 11) is -2.48. The van der Waals surface area contributed by atoms with Crippen molar-refractivity contribution in [2.75, 3.05) is 5.75 Å². The highest BCUT2D eigenvalue weighted by Crippen LogP contribution is 1.98. The Hall–Kier alpha value is -1.17. The van der Waals surface area contributed by atoms with Crippen LogP contribution in [0.5, 0.6) is 0 Å². The Labute approximate surface area is 92.2 Å². The molecule has 5 N–H and O–H groups in total. The number of nitrogens with two attached hydrogens (primary N) is 2. The molecule has 0 aliphatic carbocycles. The number of hydrogen-bond donors (Lipinski definition) is 4. The van der Waals surface area contributed by atoms with Crippen LogP contribution in [0.1, 0.15) is 20.3 Å². The van der Waals surface area contributed by atoms with E-state index < -0.39 is 10.7 Å². The maximum atomic E-state index is 10.5. The van der Waals surface area contributed by atoms with Gasteiger partial charge in [0.15, 0.2) is 0 Å². The number of nitrogens with one attached hydrogen (secondary N) is 1. The van der Waals surface area contributed by atoms with Gasteiger partial charge in [0.1, 0.15) is 10.7 Å². The topological polar surface area (TPSA) is 98.2 Å². The van der Waals surface area contributed by atoms with Gasteiger partial charge in [0.05, 0.1) is 11.6 Å². The van der Waals surface area contributed by atoms with Gasteiger partial charge in [-0.2, -0.15) is 0 Å². The van der Waals surface area contributed by atoms with Gasteiger partial charge in [0.25, 0.3) is 0 Å². The Morgan fingerprint density at radius 2 is 2.13 bits per heavy atom. The zero-order valence-electron chi connectivity index (χ0n) is 9.06. The molecule has 0 aliphatic rings. The molecule has 0 amide bonds. The first-order valence-electron chi connectivity index (χ1n) is 4.75. The van der Waals surface area contributed by atoms with Gasteiger partial charge < -0.3 is 16.8 Å². The fraction of sp³-hybridized carbons (Fsp3) is 0.556. The Morgan fingerprint density at radius 3 is 2.53 bits per heavy atom. The van der Waals surface area contributed by atoms with Crippen molar-refractivity contribution < 1.29 is 8.42 Å². The molecule has 0 unspecified atom stereocenters. The second-order valence-electron chi connectivity index (χ2n) is 3.29. The van der Waals surface area contributed by atoms with E-state index in [1.165, 1.54) is 12.3 Å². The van der Waals surface area contributed by atoms with E-state index in [4.69, 9.17) is 11.5 Å². The summed E-state index contributed by atoms with van der Waals surface area (Å²) in [5.41, 5.74) is 11.4. The molecule has 0 fully saturated rings. The minimum Gasteiger partial charge on any atom is -0.404 e. The number of allylic oxidation sites excluding steroid dienone is 1. The van der Waals surface area contributed by atoms with Crippen LogP contribution >= 0.6 is 0 Å². The zero-order chi connectivity index (χ0) is 11.8. The van der Waals surface area contributed by atoms with E-state index in [1.54, 1.807) is 0 Å². The van der Waals surface area contributed by atoms with Gasteiger partial charge in [-0.25, -0.2) is 8.42 Å². The summed E-state index contributed by atoms with van der Waals surface area (Å²) in [6.07, 6.45) is 3.72. The van der Waals surface area contributed by atoms with Gasteiger partial charge in [0.2, 0.25) is 0 Å². The van der Waals surface area contributed by atoms with Crippen molar-refractivity contribution in [2.24, 2.45) is 11.5 Å². The molecule has 0 aromatic rings. The molecule has 0 rings (SSSR count). The summed E-state index contributed by atoms with van der Waals surface area (Å²) in [6.45, 7) is 4.01. The van der Waals surface area contributed by atoms with Crippen LogP contribution in [-0.2, 0) is 10.7 Å². The summed E-state index contributed by atoms with van der Waals surface area (Å²) < 4.78 is 21.0. The molecule has 0 aromatic heterocycles. The van der Waals surface area contributed by atoms with Crippen LogP contribution in [0.4, 0.5) is 0 Å². The molecule has 0 heterocycles. The van der Waals surface area contributed by atoms with Gasteiger partial charge in [-0.05, 0) is 31.2 Å². The highest BCUT2D eigenvalue weighted by atomic mass is 32.2. The van der Waals surface area contributed by atoms with Crippen LogP contribution < -0.4 is 16.8 Å². The fourth-order valence-electron chi connectivity index (χ4n) is 0.924. The van der Waals surface area contributed by atoms with E-state index in [9.17, 15) is 8.42 Å².